The first-order valence-electron chi connectivity index (χ1n) is 5.43. The van der Waals surface area contributed by atoms with Crippen LogP contribution in [0.15, 0.2) is 22.7 Å². The molecule has 1 aromatic carbocycles. The van der Waals surface area contributed by atoms with Crippen molar-refractivity contribution in [3.8, 4) is 0 Å². The van der Waals surface area contributed by atoms with Crippen LogP contribution in [0.3, 0.4) is 0 Å². The maximum atomic E-state index is 13.2. The highest BCUT2D eigenvalue weighted by atomic mass is 79.9. The molecule has 0 saturated heterocycles. The van der Waals surface area contributed by atoms with Crippen molar-refractivity contribution in [3.05, 3.63) is 28.5 Å². The molecule has 0 bridgehead atoms. The van der Waals surface area contributed by atoms with Gasteiger partial charge in [-0.25, -0.2) is 4.39 Å². The van der Waals surface area contributed by atoms with Crippen molar-refractivity contribution in [1.29, 1.82) is 0 Å². The number of hydrogen-bond donors (Lipinski definition) is 1. The molecule has 18 heavy (non-hydrogen) atoms. The van der Waals surface area contributed by atoms with Crippen LogP contribution < -0.4 is 5.32 Å². The maximum absolute atomic E-state index is 13.2. The van der Waals surface area contributed by atoms with Gasteiger partial charge in [0.1, 0.15) is 5.82 Å². The SMILES string of the molecule is CCOC(=O)CCC(=O)Nc1ccc(Br)c(F)c1. The van der Waals surface area contributed by atoms with Gasteiger partial charge in [-0.05, 0) is 41.1 Å². The number of carbonyl (C=O) groups is 2. The monoisotopic (exact) mass is 317 g/mol. The minimum atomic E-state index is -0.460. The summed E-state index contributed by atoms with van der Waals surface area (Å²) in [5.74, 6) is -1.24. The van der Waals surface area contributed by atoms with Gasteiger partial charge in [0.25, 0.3) is 0 Å². The number of ether oxygens (including phenoxy) is 1. The molecule has 0 atom stereocenters. The van der Waals surface area contributed by atoms with Gasteiger partial charge in [-0.2, -0.15) is 0 Å². The Morgan fingerprint density at radius 2 is 2.11 bits per heavy atom. The van der Waals surface area contributed by atoms with Crippen molar-refractivity contribution in [3.63, 3.8) is 0 Å². The van der Waals surface area contributed by atoms with E-state index in [0.717, 1.165) is 0 Å². The van der Waals surface area contributed by atoms with Gasteiger partial charge in [-0.15, -0.1) is 0 Å². The molecule has 0 saturated carbocycles. The van der Waals surface area contributed by atoms with E-state index in [1.54, 1.807) is 13.0 Å². The lowest BCUT2D eigenvalue weighted by Crippen LogP contribution is -2.14. The molecule has 0 aliphatic carbocycles. The first-order valence-corrected chi connectivity index (χ1v) is 6.22. The average molecular weight is 318 g/mol. The lowest BCUT2D eigenvalue weighted by Gasteiger charge is -2.05. The van der Waals surface area contributed by atoms with Crippen molar-refractivity contribution in [1.82, 2.24) is 0 Å². The molecule has 4 nitrogen and oxygen atoms in total. The minimum absolute atomic E-state index is 0.0104. The van der Waals surface area contributed by atoms with Gasteiger partial charge in [0.2, 0.25) is 5.91 Å². The van der Waals surface area contributed by atoms with Crippen LogP contribution in [0.25, 0.3) is 0 Å². The molecule has 1 aromatic rings. The normalized spacial score (nSPS) is 9.94. The first-order chi connectivity index (χ1) is 8.52. The highest BCUT2D eigenvalue weighted by molar-refractivity contribution is 9.10. The van der Waals surface area contributed by atoms with Crippen LogP contribution in [0, 0.1) is 5.82 Å². The Kier molecular flexibility index (Phi) is 5.77. The van der Waals surface area contributed by atoms with Gasteiger partial charge >= 0.3 is 5.97 Å². The van der Waals surface area contributed by atoms with E-state index in [2.05, 4.69) is 21.2 Å². The number of nitrogens with one attached hydrogen (secondary N) is 1. The molecule has 1 amide bonds. The van der Waals surface area contributed by atoms with Gasteiger partial charge in [0, 0.05) is 12.1 Å². The maximum Gasteiger partial charge on any atom is 0.306 e. The number of esters is 1. The largest absolute Gasteiger partial charge is 0.466 e. The zero-order chi connectivity index (χ0) is 13.5. The molecule has 0 heterocycles. The summed E-state index contributed by atoms with van der Waals surface area (Å²) in [4.78, 5) is 22.5. The van der Waals surface area contributed by atoms with Crippen molar-refractivity contribution < 1.29 is 18.7 Å². The van der Waals surface area contributed by atoms with E-state index in [9.17, 15) is 14.0 Å². The number of carbonyl (C=O) groups excluding carboxylic acids is 2. The predicted molar refractivity (Wildman–Crippen MR) is 68.6 cm³/mol. The zero-order valence-electron chi connectivity index (χ0n) is 9.83. The van der Waals surface area contributed by atoms with E-state index in [0.29, 0.717) is 16.8 Å². The topological polar surface area (TPSA) is 55.4 Å². The summed E-state index contributed by atoms with van der Waals surface area (Å²) >= 11 is 3.01. The predicted octanol–water partition coefficient (Wildman–Crippen LogP) is 2.87. The lowest BCUT2D eigenvalue weighted by molar-refractivity contribution is -0.144. The van der Waals surface area contributed by atoms with Crippen molar-refractivity contribution in [2.45, 2.75) is 19.8 Å². The standard InChI is InChI=1S/C12H13BrFNO3/c1-2-18-12(17)6-5-11(16)15-8-3-4-9(13)10(14)7-8/h3-4,7H,2,5-6H2,1H3,(H,15,16). The van der Waals surface area contributed by atoms with Crippen LogP contribution in [0.5, 0.6) is 0 Å². The van der Waals surface area contributed by atoms with Crippen molar-refractivity contribution in [2.75, 3.05) is 11.9 Å². The van der Waals surface area contributed by atoms with Gasteiger partial charge in [-0.3, -0.25) is 9.59 Å². The molecular weight excluding hydrogens is 305 g/mol. The molecule has 6 heteroatoms. The molecule has 0 radical (unpaired) electrons. The number of anilines is 1. The smallest absolute Gasteiger partial charge is 0.306 e. The second-order valence-electron chi connectivity index (χ2n) is 3.48. The Morgan fingerprint density at radius 1 is 1.39 bits per heavy atom. The number of rotatable bonds is 5. The molecule has 0 aliphatic heterocycles. The number of benzene rings is 1. The molecule has 0 spiro atoms. The highest BCUT2D eigenvalue weighted by Gasteiger charge is 2.08. The fourth-order valence-electron chi connectivity index (χ4n) is 1.25. The van der Waals surface area contributed by atoms with Gasteiger partial charge < -0.3 is 10.1 Å². The lowest BCUT2D eigenvalue weighted by atomic mass is 10.2. The molecule has 0 fully saturated rings. The third-order valence-electron chi connectivity index (χ3n) is 2.06. The Labute approximate surface area is 113 Å². The van der Waals surface area contributed by atoms with E-state index < -0.39 is 11.8 Å². The molecular formula is C12H13BrFNO3. The van der Waals surface area contributed by atoms with E-state index in [1.807, 2.05) is 0 Å². The fraction of sp³-hybridized carbons (Fsp3) is 0.333. The summed E-state index contributed by atoms with van der Waals surface area (Å²) in [6.45, 7) is 1.99. The third-order valence-corrected chi connectivity index (χ3v) is 2.71. The summed E-state index contributed by atoms with van der Waals surface area (Å²) in [5.41, 5.74) is 0.351. The van der Waals surface area contributed by atoms with Crippen LogP contribution in [0.1, 0.15) is 19.8 Å². The summed E-state index contributed by atoms with van der Waals surface area (Å²) in [7, 11) is 0. The number of amides is 1. The number of halogens is 2. The molecule has 98 valence electrons. The summed E-state index contributed by atoms with van der Waals surface area (Å²) < 4.78 is 18.2. The third kappa shape index (κ3) is 4.83. The van der Waals surface area contributed by atoms with Crippen molar-refractivity contribution >= 4 is 33.5 Å². The van der Waals surface area contributed by atoms with E-state index in [4.69, 9.17) is 4.74 Å². The van der Waals surface area contributed by atoms with E-state index >= 15 is 0 Å². The Bertz CT molecular complexity index is 451. The summed E-state index contributed by atoms with van der Waals surface area (Å²) in [6.07, 6.45) is 0.0230. The van der Waals surface area contributed by atoms with Crippen LogP contribution in [-0.4, -0.2) is 18.5 Å². The van der Waals surface area contributed by atoms with E-state index in [-0.39, 0.29) is 18.7 Å². The molecule has 1 rings (SSSR count). The second-order valence-corrected chi connectivity index (χ2v) is 4.34. The van der Waals surface area contributed by atoms with Gasteiger partial charge in [-0.1, -0.05) is 0 Å². The zero-order valence-corrected chi connectivity index (χ0v) is 11.4. The highest BCUT2D eigenvalue weighted by Crippen LogP contribution is 2.19. The van der Waals surface area contributed by atoms with Crippen LogP contribution >= 0.6 is 15.9 Å². The quantitative estimate of drug-likeness (QED) is 0.850. The van der Waals surface area contributed by atoms with Crippen LogP contribution in [0.4, 0.5) is 10.1 Å². The Balaban J connectivity index is 2.44. The van der Waals surface area contributed by atoms with Crippen LogP contribution in [0.2, 0.25) is 0 Å². The van der Waals surface area contributed by atoms with Crippen molar-refractivity contribution in [2.24, 2.45) is 0 Å². The molecule has 0 aromatic heterocycles. The molecule has 1 N–H and O–H groups in total. The Morgan fingerprint density at radius 3 is 2.72 bits per heavy atom. The second kappa shape index (κ2) is 7.10. The molecule has 0 aliphatic rings. The first kappa shape index (κ1) is 14.6. The van der Waals surface area contributed by atoms with Crippen LogP contribution in [-0.2, 0) is 14.3 Å². The van der Waals surface area contributed by atoms with E-state index in [1.165, 1.54) is 12.1 Å². The number of hydrogen-bond acceptors (Lipinski definition) is 3. The van der Waals surface area contributed by atoms with Gasteiger partial charge in [0.15, 0.2) is 0 Å². The fourth-order valence-corrected chi connectivity index (χ4v) is 1.49. The molecule has 0 unspecified atom stereocenters. The van der Waals surface area contributed by atoms with Gasteiger partial charge in [0.05, 0.1) is 17.5 Å². The minimum Gasteiger partial charge on any atom is -0.466 e. The summed E-state index contributed by atoms with van der Waals surface area (Å²) in [6, 6.07) is 4.26. The average Bonchev–Trinajstić information content (AvgIpc) is 2.32. The Hall–Kier alpha value is -1.43. The summed E-state index contributed by atoms with van der Waals surface area (Å²) in [5, 5.41) is 2.50.